The molecule has 0 bridgehead atoms. The summed E-state index contributed by atoms with van der Waals surface area (Å²) in [6.45, 7) is 0. The molecule has 9 nitrogen and oxygen atoms in total. The van der Waals surface area contributed by atoms with Gasteiger partial charge >= 0.3 is 0 Å². The Morgan fingerprint density at radius 3 is 2.51 bits per heavy atom. The van der Waals surface area contributed by atoms with Crippen LogP contribution >= 0.6 is 34.8 Å². The van der Waals surface area contributed by atoms with Crippen LogP contribution in [0.25, 0.3) is 16.9 Å². The zero-order chi connectivity index (χ0) is 24.4. The van der Waals surface area contributed by atoms with Crippen molar-refractivity contribution in [3.8, 4) is 16.9 Å². The monoisotopic (exact) mass is 524 g/mol. The van der Waals surface area contributed by atoms with E-state index < -0.39 is 5.91 Å². The van der Waals surface area contributed by atoms with Crippen LogP contribution in [0.3, 0.4) is 0 Å². The molecule has 3 heterocycles. The summed E-state index contributed by atoms with van der Waals surface area (Å²) < 4.78 is 1.61. The first-order valence-electron chi connectivity index (χ1n) is 10.3. The number of nitrogens with one attached hydrogen (secondary N) is 2. The number of hydrogen-bond acceptors (Lipinski definition) is 6. The third-order valence-electron chi connectivity index (χ3n) is 5.10. The smallest absolute Gasteiger partial charge is 0.276 e. The number of rotatable bonds is 6. The molecule has 35 heavy (non-hydrogen) atoms. The van der Waals surface area contributed by atoms with Crippen LogP contribution in [-0.4, -0.2) is 41.3 Å². The molecule has 0 saturated heterocycles. The van der Waals surface area contributed by atoms with E-state index in [2.05, 4.69) is 36.0 Å². The first-order chi connectivity index (χ1) is 17.0. The van der Waals surface area contributed by atoms with E-state index in [4.69, 9.17) is 34.8 Å². The lowest BCUT2D eigenvalue weighted by molar-refractivity contribution is 0.102. The van der Waals surface area contributed by atoms with Crippen LogP contribution < -0.4 is 5.32 Å². The number of hydrogen-bond donors (Lipinski definition) is 2. The summed E-state index contributed by atoms with van der Waals surface area (Å²) >= 11 is 18.8. The summed E-state index contributed by atoms with van der Waals surface area (Å²) in [5.41, 5.74) is 3.17. The number of benzene rings is 2. The van der Waals surface area contributed by atoms with E-state index in [1.165, 1.54) is 0 Å². The fraction of sp³-hybridized carbons (Fsp3) is 0.0435. The first-order valence-corrected chi connectivity index (χ1v) is 11.4. The molecule has 2 N–H and O–H groups in total. The number of carbonyl (C=O) groups is 1. The van der Waals surface area contributed by atoms with E-state index in [9.17, 15) is 4.79 Å². The lowest BCUT2D eigenvalue weighted by atomic mass is 10.0. The number of aromatic nitrogens is 7. The molecule has 5 rings (SSSR count). The normalized spacial score (nSPS) is 10.9. The van der Waals surface area contributed by atoms with Gasteiger partial charge < -0.3 is 5.32 Å². The number of aromatic amines is 1. The van der Waals surface area contributed by atoms with Gasteiger partial charge in [-0.25, -0.2) is 4.68 Å². The summed E-state index contributed by atoms with van der Waals surface area (Å²) in [4.78, 5) is 17.5. The van der Waals surface area contributed by atoms with Crippen molar-refractivity contribution in [2.45, 2.75) is 6.42 Å². The van der Waals surface area contributed by atoms with Crippen LogP contribution in [0.2, 0.25) is 15.1 Å². The number of pyridine rings is 1. The lowest BCUT2D eigenvalue weighted by Gasteiger charge is -2.11. The second-order valence-corrected chi connectivity index (χ2v) is 8.67. The molecule has 3 aromatic heterocycles. The highest BCUT2D eigenvalue weighted by molar-refractivity contribution is 6.35. The van der Waals surface area contributed by atoms with Crippen LogP contribution in [0.15, 0.2) is 67.0 Å². The average Bonchev–Trinajstić information content (AvgIpc) is 3.49. The van der Waals surface area contributed by atoms with Gasteiger partial charge in [-0.05, 0) is 42.5 Å². The quantitative estimate of drug-likeness (QED) is 0.313. The minimum atomic E-state index is -0.435. The summed E-state index contributed by atoms with van der Waals surface area (Å²) in [7, 11) is 0. The van der Waals surface area contributed by atoms with Crippen LogP contribution in [0, 0.1) is 0 Å². The predicted octanol–water partition coefficient (Wildman–Crippen LogP) is 5.25. The molecule has 12 heteroatoms. The van der Waals surface area contributed by atoms with E-state index in [-0.39, 0.29) is 12.1 Å². The number of amides is 1. The molecule has 5 aromatic rings. The Hall–Kier alpha value is -3.79. The van der Waals surface area contributed by atoms with E-state index in [0.717, 1.165) is 5.56 Å². The van der Waals surface area contributed by atoms with Crippen molar-refractivity contribution in [3.63, 3.8) is 0 Å². The maximum atomic E-state index is 13.4. The minimum Gasteiger partial charge on any atom is -0.319 e. The highest BCUT2D eigenvalue weighted by Gasteiger charge is 2.27. The number of halogens is 3. The van der Waals surface area contributed by atoms with Crippen molar-refractivity contribution < 1.29 is 4.79 Å². The maximum absolute atomic E-state index is 13.4. The highest BCUT2D eigenvalue weighted by atomic mass is 35.5. The molecule has 0 spiro atoms. The fourth-order valence-electron chi connectivity index (χ4n) is 3.57. The molecule has 0 saturated carbocycles. The Kier molecular flexibility index (Phi) is 6.45. The van der Waals surface area contributed by atoms with Gasteiger partial charge in [-0.3, -0.25) is 9.78 Å². The molecule has 174 valence electrons. The second kappa shape index (κ2) is 9.83. The third-order valence-corrected chi connectivity index (χ3v) is 5.89. The van der Waals surface area contributed by atoms with Gasteiger partial charge in [-0.15, -0.1) is 10.2 Å². The Morgan fingerprint density at radius 2 is 1.83 bits per heavy atom. The van der Waals surface area contributed by atoms with Gasteiger partial charge in [0.1, 0.15) is 0 Å². The second-order valence-electron chi connectivity index (χ2n) is 7.39. The van der Waals surface area contributed by atoms with Crippen molar-refractivity contribution in [2.24, 2.45) is 0 Å². The van der Waals surface area contributed by atoms with E-state index in [1.54, 1.807) is 59.5 Å². The predicted molar refractivity (Wildman–Crippen MR) is 133 cm³/mol. The number of nitrogens with zero attached hydrogens (tertiary/aromatic N) is 6. The fourth-order valence-corrected chi connectivity index (χ4v) is 4.19. The molecule has 2 aromatic carbocycles. The average molecular weight is 526 g/mol. The van der Waals surface area contributed by atoms with Crippen molar-refractivity contribution in [1.82, 2.24) is 35.4 Å². The Labute approximate surface area is 214 Å². The molecule has 0 aliphatic rings. The number of H-pyrrole nitrogens is 1. The van der Waals surface area contributed by atoms with E-state index in [1.807, 2.05) is 12.1 Å². The van der Waals surface area contributed by atoms with Crippen LogP contribution in [0.4, 0.5) is 5.69 Å². The van der Waals surface area contributed by atoms with Gasteiger partial charge in [0, 0.05) is 33.8 Å². The SMILES string of the molecule is O=C(Nc1cccnc1)c1nn(-c2ccc(Cl)cc2Cl)c(-c2ccc(Cl)cc2)c1Cc1nn[nH]n1. The molecule has 0 aliphatic carbocycles. The molecule has 1 amide bonds. The van der Waals surface area contributed by atoms with Gasteiger partial charge in [-0.1, -0.05) is 52.1 Å². The van der Waals surface area contributed by atoms with Crippen molar-refractivity contribution in [1.29, 1.82) is 0 Å². The largest absolute Gasteiger partial charge is 0.319 e. The standard InChI is InChI=1S/C23H15Cl3N8O/c24-14-5-3-13(4-6-14)22-17(11-20-29-32-33-30-20)21(23(35)28-16-2-1-9-27-12-16)31-34(22)19-8-7-15(25)10-18(19)26/h1-10,12H,11H2,(H,28,35)(H,29,30,32,33). The third kappa shape index (κ3) is 4.88. The van der Waals surface area contributed by atoms with Gasteiger partial charge in [0.15, 0.2) is 11.5 Å². The molecule has 0 fully saturated rings. The maximum Gasteiger partial charge on any atom is 0.276 e. The summed E-state index contributed by atoms with van der Waals surface area (Å²) in [6.07, 6.45) is 3.34. The van der Waals surface area contributed by atoms with Crippen molar-refractivity contribution >= 4 is 46.4 Å². The molecule has 0 unspecified atom stereocenters. The molecule has 0 aliphatic heterocycles. The zero-order valence-electron chi connectivity index (χ0n) is 17.8. The Balaban J connectivity index is 1.73. The van der Waals surface area contributed by atoms with Crippen LogP contribution in [0.1, 0.15) is 21.9 Å². The van der Waals surface area contributed by atoms with Crippen LogP contribution in [-0.2, 0) is 6.42 Å². The van der Waals surface area contributed by atoms with Gasteiger partial charge in [0.2, 0.25) is 0 Å². The van der Waals surface area contributed by atoms with Crippen molar-refractivity contribution in [2.75, 3.05) is 5.32 Å². The number of carbonyl (C=O) groups excluding carboxylic acids is 1. The highest BCUT2D eigenvalue weighted by Crippen LogP contribution is 2.34. The van der Waals surface area contributed by atoms with E-state index in [0.29, 0.717) is 43.5 Å². The van der Waals surface area contributed by atoms with Crippen LogP contribution in [0.5, 0.6) is 0 Å². The van der Waals surface area contributed by atoms with Gasteiger partial charge in [0.05, 0.1) is 28.3 Å². The first kappa shape index (κ1) is 23.0. The molecule has 0 radical (unpaired) electrons. The molecular weight excluding hydrogens is 511 g/mol. The van der Waals surface area contributed by atoms with Crippen molar-refractivity contribution in [3.05, 3.63) is 99.1 Å². The Bertz CT molecular complexity index is 1490. The topological polar surface area (TPSA) is 114 Å². The Morgan fingerprint density at radius 1 is 1.03 bits per heavy atom. The lowest BCUT2D eigenvalue weighted by Crippen LogP contribution is -2.15. The molecular formula is C23H15Cl3N8O. The summed E-state index contributed by atoms with van der Waals surface area (Å²) in [5, 5.41) is 23.1. The number of tetrazole rings is 1. The van der Waals surface area contributed by atoms with Gasteiger partial charge in [-0.2, -0.15) is 10.3 Å². The van der Waals surface area contributed by atoms with E-state index >= 15 is 0 Å². The minimum absolute atomic E-state index is 0.162. The zero-order valence-corrected chi connectivity index (χ0v) is 20.1. The summed E-state index contributed by atoms with van der Waals surface area (Å²) in [6, 6.07) is 15.7. The van der Waals surface area contributed by atoms with Gasteiger partial charge in [0.25, 0.3) is 5.91 Å². The summed E-state index contributed by atoms with van der Waals surface area (Å²) in [5.74, 6) is -0.0482. The molecule has 0 atom stereocenters. The number of anilines is 1.